The number of hydrogen-bond acceptors (Lipinski definition) is 3. The van der Waals surface area contributed by atoms with E-state index in [-0.39, 0.29) is 5.92 Å². The van der Waals surface area contributed by atoms with Crippen molar-refractivity contribution in [2.75, 3.05) is 0 Å². The molecule has 0 radical (unpaired) electrons. The Morgan fingerprint density at radius 1 is 1.73 bits per heavy atom. The van der Waals surface area contributed by atoms with Crippen LogP contribution in [-0.2, 0) is 9.53 Å². The fraction of sp³-hybridized carbons (Fsp3) is 0.750. The number of carbonyl (C=O) groups excluding carboxylic acids is 1. The second-order valence-corrected chi connectivity index (χ2v) is 3.08. The monoisotopic (exact) mass is 155 g/mol. The van der Waals surface area contributed by atoms with Crippen LogP contribution < -0.4 is 0 Å². The van der Waals surface area contributed by atoms with E-state index >= 15 is 0 Å². The molecule has 0 aliphatic rings. The van der Waals surface area contributed by atoms with Crippen LogP contribution in [0.1, 0.15) is 27.2 Å². The summed E-state index contributed by atoms with van der Waals surface area (Å²) in [6.07, 6.45) is 0.404. The third-order valence-electron chi connectivity index (χ3n) is 1.94. The van der Waals surface area contributed by atoms with E-state index in [0.29, 0.717) is 12.9 Å². The van der Waals surface area contributed by atoms with Crippen molar-refractivity contribution in [3.05, 3.63) is 0 Å². The molecule has 0 N–H and O–H groups in total. The summed E-state index contributed by atoms with van der Waals surface area (Å²) < 4.78 is 4.81. The second kappa shape index (κ2) is 3.97. The van der Waals surface area contributed by atoms with Crippen molar-refractivity contribution in [1.29, 1.82) is 5.26 Å². The van der Waals surface area contributed by atoms with Crippen molar-refractivity contribution in [3.63, 3.8) is 0 Å². The Balaban J connectivity index is 4.06. The van der Waals surface area contributed by atoms with Gasteiger partial charge >= 0.3 is 0 Å². The molecule has 0 amide bonds. The van der Waals surface area contributed by atoms with E-state index in [1.165, 1.54) is 0 Å². The molecule has 0 spiro atoms. The van der Waals surface area contributed by atoms with Crippen molar-refractivity contribution in [3.8, 4) is 6.07 Å². The minimum Gasteiger partial charge on any atom is -0.462 e. The summed E-state index contributed by atoms with van der Waals surface area (Å²) in [5.41, 5.74) is -0.530. The summed E-state index contributed by atoms with van der Waals surface area (Å²) in [6.45, 7) is 5.90. The number of nitriles is 1. The molecule has 0 aromatic carbocycles. The number of nitrogens with zero attached hydrogens (tertiary/aromatic N) is 1. The van der Waals surface area contributed by atoms with Crippen LogP contribution in [0.3, 0.4) is 0 Å². The molecule has 0 aromatic heterocycles. The van der Waals surface area contributed by atoms with Gasteiger partial charge in [0.1, 0.15) is 5.60 Å². The smallest absolute Gasteiger partial charge is 0.293 e. The van der Waals surface area contributed by atoms with E-state index in [2.05, 4.69) is 0 Å². The van der Waals surface area contributed by atoms with Crippen LogP contribution in [0.5, 0.6) is 0 Å². The Morgan fingerprint density at radius 2 is 2.27 bits per heavy atom. The van der Waals surface area contributed by atoms with Gasteiger partial charge in [0.2, 0.25) is 0 Å². The zero-order valence-electron chi connectivity index (χ0n) is 7.13. The molecule has 0 saturated carbocycles. The average Bonchev–Trinajstić information content (AvgIpc) is 1.88. The lowest BCUT2D eigenvalue weighted by Gasteiger charge is -2.27. The first-order chi connectivity index (χ1) is 5.04. The summed E-state index contributed by atoms with van der Waals surface area (Å²) in [5, 5.41) is 8.37. The van der Waals surface area contributed by atoms with Crippen LogP contribution >= 0.6 is 0 Å². The summed E-state index contributed by atoms with van der Waals surface area (Å²) in [5.74, 6) is 0.0673. The first-order valence-electron chi connectivity index (χ1n) is 3.53. The predicted octanol–water partition coefficient (Wildman–Crippen LogP) is 1.49. The summed E-state index contributed by atoms with van der Waals surface area (Å²) in [7, 11) is 0. The Morgan fingerprint density at radius 3 is 2.64 bits per heavy atom. The molecule has 1 atom stereocenters. The number of rotatable bonds is 4. The van der Waals surface area contributed by atoms with Crippen molar-refractivity contribution >= 4 is 6.47 Å². The molecule has 0 aromatic rings. The van der Waals surface area contributed by atoms with E-state index in [0.717, 1.165) is 0 Å². The highest BCUT2D eigenvalue weighted by Crippen LogP contribution is 2.22. The quantitative estimate of drug-likeness (QED) is 0.578. The topological polar surface area (TPSA) is 50.1 Å². The lowest BCUT2D eigenvalue weighted by molar-refractivity contribution is -0.144. The zero-order valence-corrected chi connectivity index (χ0v) is 7.13. The van der Waals surface area contributed by atoms with E-state index in [1.807, 2.05) is 13.0 Å². The molecule has 0 rings (SSSR count). The van der Waals surface area contributed by atoms with Crippen molar-refractivity contribution in [2.45, 2.75) is 32.8 Å². The molecule has 0 saturated heterocycles. The standard InChI is InChI=1S/C8H13NO2/c1-7(4-5-9)8(2,3)11-6-10/h6-7H,4H2,1-3H3/t7-/m0/s1. The first kappa shape index (κ1) is 9.96. The lowest BCUT2D eigenvalue weighted by atomic mass is 9.90. The number of ether oxygens (including phenoxy) is 1. The van der Waals surface area contributed by atoms with E-state index in [4.69, 9.17) is 10.00 Å². The normalized spacial score (nSPS) is 13.3. The van der Waals surface area contributed by atoms with Gasteiger partial charge in [0, 0.05) is 12.3 Å². The third-order valence-corrected chi connectivity index (χ3v) is 1.94. The first-order valence-corrected chi connectivity index (χ1v) is 3.53. The van der Waals surface area contributed by atoms with Crippen LogP contribution in [0, 0.1) is 17.2 Å². The molecule has 0 aliphatic carbocycles. The van der Waals surface area contributed by atoms with Gasteiger partial charge in [0.15, 0.2) is 0 Å². The Labute approximate surface area is 67.0 Å². The number of carbonyl (C=O) groups is 1. The molecule has 3 heteroatoms. The van der Waals surface area contributed by atoms with Gasteiger partial charge in [-0.15, -0.1) is 0 Å². The van der Waals surface area contributed by atoms with Crippen molar-refractivity contribution in [2.24, 2.45) is 5.92 Å². The average molecular weight is 155 g/mol. The van der Waals surface area contributed by atoms with Crippen LogP contribution in [0.25, 0.3) is 0 Å². The highest BCUT2D eigenvalue weighted by molar-refractivity contribution is 5.38. The maximum absolute atomic E-state index is 10.0. The van der Waals surface area contributed by atoms with Crippen LogP contribution in [0.15, 0.2) is 0 Å². The summed E-state index contributed by atoms with van der Waals surface area (Å²) >= 11 is 0. The minimum atomic E-state index is -0.530. The maximum Gasteiger partial charge on any atom is 0.293 e. The van der Waals surface area contributed by atoms with Gasteiger partial charge in [-0.2, -0.15) is 5.26 Å². The molecule has 3 nitrogen and oxygen atoms in total. The molecule has 0 heterocycles. The van der Waals surface area contributed by atoms with Gasteiger partial charge in [0.05, 0.1) is 6.07 Å². The lowest BCUT2D eigenvalue weighted by Crippen LogP contribution is -2.32. The Hall–Kier alpha value is -1.04. The molecule has 11 heavy (non-hydrogen) atoms. The molecular formula is C8H13NO2. The fourth-order valence-corrected chi connectivity index (χ4v) is 0.623. The molecule has 0 fully saturated rings. The van der Waals surface area contributed by atoms with E-state index < -0.39 is 5.60 Å². The summed E-state index contributed by atoms with van der Waals surface area (Å²) in [6, 6.07) is 2.04. The largest absolute Gasteiger partial charge is 0.462 e. The second-order valence-electron chi connectivity index (χ2n) is 3.08. The summed E-state index contributed by atoms with van der Waals surface area (Å²) in [4.78, 5) is 10.0. The van der Waals surface area contributed by atoms with Gasteiger partial charge in [-0.3, -0.25) is 4.79 Å². The van der Waals surface area contributed by atoms with Crippen LogP contribution in [0.2, 0.25) is 0 Å². The fourth-order valence-electron chi connectivity index (χ4n) is 0.623. The van der Waals surface area contributed by atoms with Gasteiger partial charge in [-0.05, 0) is 13.8 Å². The van der Waals surface area contributed by atoms with Gasteiger partial charge in [-0.25, -0.2) is 0 Å². The number of hydrogen-bond donors (Lipinski definition) is 0. The SMILES string of the molecule is C[C@@H](CC#N)C(C)(C)OC=O. The van der Waals surface area contributed by atoms with Gasteiger partial charge < -0.3 is 4.74 Å². The maximum atomic E-state index is 10.0. The van der Waals surface area contributed by atoms with Crippen LogP contribution in [0.4, 0.5) is 0 Å². The highest BCUT2D eigenvalue weighted by atomic mass is 16.5. The predicted molar refractivity (Wildman–Crippen MR) is 40.6 cm³/mol. The van der Waals surface area contributed by atoms with Gasteiger partial charge in [-0.1, -0.05) is 6.92 Å². The van der Waals surface area contributed by atoms with Crippen molar-refractivity contribution in [1.82, 2.24) is 0 Å². The zero-order chi connectivity index (χ0) is 8.91. The van der Waals surface area contributed by atoms with E-state index in [9.17, 15) is 4.79 Å². The highest BCUT2D eigenvalue weighted by Gasteiger charge is 2.26. The van der Waals surface area contributed by atoms with Crippen LogP contribution in [-0.4, -0.2) is 12.1 Å². The molecule has 0 bridgehead atoms. The molecule has 0 aliphatic heterocycles. The Kier molecular flexibility index (Phi) is 3.59. The molecule has 62 valence electrons. The van der Waals surface area contributed by atoms with E-state index in [1.54, 1.807) is 13.8 Å². The molecule has 0 unspecified atom stereocenters. The van der Waals surface area contributed by atoms with Crippen molar-refractivity contribution < 1.29 is 9.53 Å². The Bertz CT molecular complexity index is 169. The molecular weight excluding hydrogens is 142 g/mol. The third kappa shape index (κ3) is 3.03. The van der Waals surface area contributed by atoms with Gasteiger partial charge in [0.25, 0.3) is 6.47 Å². The minimum absolute atomic E-state index is 0.0673.